The van der Waals surface area contributed by atoms with Gasteiger partial charge in [0, 0.05) is 0 Å². The van der Waals surface area contributed by atoms with E-state index in [-0.39, 0.29) is 0 Å². The first-order valence-electron chi connectivity index (χ1n) is 4.24. The Hall–Kier alpha value is 0.539. The molecule has 0 aliphatic heterocycles. The Kier molecular flexibility index (Phi) is 5.50. The Bertz CT molecular complexity index is 97.8. The Morgan fingerprint density at radius 3 is 2.20 bits per heavy atom. The van der Waals surface area contributed by atoms with Gasteiger partial charge in [-0.25, -0.2) is 0 Å². The van der Waals surface area contributed by atoms with Gasteiger partial charge in [0.15, 0.2) is 0 Å². The van der Waals surface area contributed by atoms with E-state index in [1.807, 2.05) is 0 Å². The van der Waals surface area contributed by atoms with Gasteiger partial charge in [0.1, 0.15) is 0 Å². The minimum atomic E-state index is -1.53. The third-order valence-corrected chi connectivity index (χ3v) is 4.87. The van der Waals surface area contributed by atoms with Crippen molar-refractivity contribution in [1.29, 1.82) is 0 Å². The summed E-state index contributed by atoms with van der Waals surface area (Å²) in [5, 5.41) is 0. The number of unbranched alkanes of at least 4 members (excludes halogenated alkanes) is 2. The molecule has 0 atom stereocenters. The molecule has 0 saturated carbocycles. The van der Waals surface area contributed by atoms with Gasteiger partial charge in [0.05, 0.1) is 0 Å². The fraction of sp³-hybridized carbons (Fsp3) is 0.778. The van der Waals surface area contributed by atoms with Crippen molar-refractivity contribution in [2.24, 2.45) is 0 Å². The normalized spacial score (nSPS) is 12.8. The second-order valence-electron chi connectivity index (χ2n) is 3.91. The summed E-state index contributed by atoms with van der Waals surface area (Å²) in [6.07, 6.45) is 6.37. The first-order valence-corrected chi connectivity index (χ1v) is 14.4. The van der Waals surface area contributed by atoms with Crippen LogP contribution in [0.2, 0.25) is 14.8 Å². The second kappa shape index (κ2) is 5.22. The maximum absolute atomic E-state index is 2.50. The van der Waals surface area contributed by atoms with Crippen molar-refractivity contribution in [2.45, 2.75) is 41.0 Å². The van der Waals surface area contributed by atoms with Gasteiger partial charge >= 0.3 is 69.6 Å². The molecule has 1 heteroatoms. The van der Waals surface area contributed by atoms with E-state index in [2.05, 4.69) is 31.9 Å². The molecular weight excluding hydrogens is 227 g/mol. The zero-order valence-corrected chi connectivity index (χ0v) is 10.6. The van der Waals surface area contributed by atoms with E-state index in [0.717, 1.165) is 0 Å². The standard InChI is InChI=1S/C6H11.3CH3.Sn/c1-3-5-6-4-2;;;;/h1,3H,4-6H2,2H3;3*1H3;. The average Bonchev–Trinajstić information content (AvgIpc) is 1.78. The van der Waals surface area contributed by atoms with E-state index in [4.69, 9.17) is 0 Å². The molecule has 0 fully saturated rings. The summed E-state index contributed by atoms with van der Waals surface area (Å²) >= 11 is -1.53. The summed E-state index contributed by atoms with van der Waals surface area (Å²) < 4.78 is 2.50. The number of hydrogen-bond donors (Lipinski definition) is 0. The van der Waals surface area contributed by atoms with E-state index in [1.54, 1.807) is 0 Å². The van der Waals surface area contributed by atoms with Crippen LogP contribution >= 0.6 is 0 Å². The molecule has 0 heterocycles. The Balaban J connectivity index is 3.37. The van der Waals surface area contributed by atoms with Gasteiger partial charge in [-0.2, -0.15) is 0 Å². The SMILES string of the molecule is CCCCC=[CH][Sn]([CH3])([CH3])[CH3]. The van der Waals surface area contributed by atoms with Crippen LogP contribution in [0.15, 0.2) is 10.2 Å². The summed E-state index contributed by atoms with van der Waals surface area (Å²) in [5.74, 6) is 0. The molecule has 0 bridgehead atoms. The van der Waals surface area contributed by atoms with Crippen LogP contribution in [0.25, 0.3) is 0 Å². The molecule has 0 aliphatic rings. The van der Waals surface area contributed by atoms with E-state index in [9.17, 15) is 0 Å². The van der Waals surface area contributed by atoms with E-state index < -0.39 is 18.4 Å². The molecule has 0 N–H and O–H groups in total. The maximum atomic E-state index is 2.50. The van der Waals surface area contributed by atoms with Crippen LogP contribution in [0.4, 0.5) is 0 Å². The van der Waals surface area contributed by atoms with Crippen LogP contribution in [-0.4, -0.2) is 18.4 Å². The molecule has 10 heavy (non-hydrogen) atoms. The molecular formula is C9H20Sn. The predicted molar refractivity (Wildman–Crippen MR) is 52.0 cm³/mol. The molecule has 0 radical (unpaired) electrons. The minimum absolute atomic E-state index is 1.30. The van der Waals surface area contributed by atoms with Crippen molar-refractivity contribution in [3.63, 3.8) is 0 Å². The predicted octanol–water partition coefficient (Wildman–Crippen LogP) is 3.61. The van der Waals surface area contributed by atoms with Crippen molar-refractivity contribution < 1.29 is 0 Å². The van der Waals surface area contributed by atoms with Crippen molar-refractivity contribution in [3.05, 3.63) is 10.2 Å². The van der Waals surface area contributed by atoms with Crippen LogP contribution in [-0.2, 0) is 0 Å². The van der Waals surface area contributed by atoms with Gasteiger partial charge in [0.2, 0.25) is 0 Å². The summed E-state index contributed by atoms with van der Waals surface area (Å²) in [6.45, 7) is 2.24. The zero-order valence-electron chi connectivity index (χ0n) is 7.78. The fourth-order valence-electron chi connectivity index (χ4n) is 0.759. The fourth-order valence-corrected chi connectivity index (χ4v) is 3.25. The first kappa shape index (κ1) is 10.5. The van der Waals surface area contributed by atoms with Gasteiger partial charge in [-0.1, -0.05) is 0 Å². The van der Waals surface area contributed by atoms with E-state index in [0.29, 0.717) is 0 Å². The molecule has 0 aromatic carbocycles. The number of hydrogen-bond acceptors (Lipinski definition) is 0. The molecule has 60 valence electrons. The Morgan fingerprint density at radius 2 is 1.80 bits per heavy atom. The van der Waals surface area contributed by atoms with Gasteiger partial charge in [0.25, 0.3) is 0 Å². The molecule has 0 aromatic heterocycles. The quantitative estimate of drug-likeness (QED) is 0.525. The second-order valence-corrected chi connectivity index (χ2v) is 18.4. The van der Waals surface area contributed by atoms with Gasteiger partial charge in [-0.05, 0) is 0 Å². The Labute approximate surface area is 69.6 Å². The van der Waals surface area contributed by atoms with Crippen LogP contribution in [0, 0.1) is 0 Å². The van der Waals surface area contributed by atoms with Crippen molar-refractivity contribution in [2.75, 3.05) is 0 Å². The Morgan fingerprint density at radius 1 is 1.20 bits per heavy atom. The van der Waals surface area contributed by atoms with Gasteiger partial charge < -0.3 is 0 Å². The van der Waals surface area contributed by atoms with Crippen LogP contribution < -0.4 is 0 Å². The third kappa shape index (κ3) is 8.54. The third-order valence-electron chi connectivity index (χ3n) is 1.34. The molecule has 0 aromatic rings. The monoisotopic (exact) mass is 248 g/mol. The van der Waals surface area contributed by atoms with Gasteiger partial charge in [-0.15, -0.1) is 0 Å². The molecule has 0 spiro atoms. The molecule has 0 rings (SSSR count). The van der Waals surface area contributed by atoms with E-state index in [1.165, 1.54) is 19.3 Å². The number of allylic oxidation sites excluding steroid dienone is 1. The topological polar surface area (TPSA) is 0 Å². The number of rotatable bonds is 4. The molecule has 0 nitrogen and oxygen atoms in total. The van der Waals surface area contributed by atoms with Crippen molar-refractivity contribution in [3.8, 4) is 0 Å². The zero-order chi connectivity index (χ0) is 8.04. The summed E-state index contributed by atoms with van der Waals surface area (Å²) in [6, 6.07) is 0. The summed E-state index contributed by atoms with van der Waals surface area (Å²) in [7, 11) is 0. The van der Waals surface area contributed by atoms with Crippen molar-refractivity contribution >= 4 is 18.4 Å². The van der Waals surface area contributed by atoms with Crippen LogP contribution in [0.5, 0.6) is 0 Å². The molecule has 0 aliphatic carbocycles. The van der Waals surface area contributed by atoms with Crippen LogP contribution in [0.3, 0.4) is 0 Å². The van der Waals surface area contributed by atoms with Crippen molar-refractivity contribution in [1.82, 2.24) is 0 Å². The van der Waals surface area contributed by atoms with Gasteiger partial charge in [-0.3, -0.25) is 0 Å². The summed E-state index contributed by atoms with van der Waals surface area (Å²) in [4.78, 5) is 7.32. The summed E-state index contributed by atoms with van der Waals surface area (Å²) in [5.41, 5.74) is 0. The van der Waals surface area contributed by atoms with E-state index >= 15 is 0 Å². The molecule has 0 saturated heterocycles. The molecule has 0 amide bonds. The first-order chi connectivity index (χ1) is 4.56. The average molecular weight is 247 g/mol. The molecule has 0 unspecified atom stereocenters. The van der Waals surface area contributed by atoms with Crippen LogP contribution in [0.1, 0.15) is 26.2 Å².